The highest BCUT2D eigenvalue weighted by molar-refractivity contribution is 5.44. The first-order valence-corrected chi connectivity index (χ1v) is 6.84. The van der Waals surface area contributed by atoms with Crippen LogP contribution in [0.1, 0.15) is 65.5 Å². The minimum Gasteiger partial charge on any atom is -0.103 e. The minimum atomic E-state index is 0. The van der Waals surface area contributed by atoms with Crippen molar-refractivity contribution in [2.45, 2.75) is 59.8 Å². The average molecular weight is 246 g/mol. The van der Waals surface area contributed by atoms with E-state index in [0.29, 0.717) is 11.8 Å². The van der Waals surface area contributed by atoms with Gasteiger partial charge in [-0.1, -0.05) is 72.4 Å². The largest absolute Gasteiger partial charge is 0.103 e. The summed E-state index contributed by atoms with van der Waals surface area (Å²) in [5.41, 5.74) is 3.30. The second-order valence-corrected chi connectivity index (χ2v) is 5.09. The van der Waals surface area contributed by atoms with Crippen LogP contribution in [0.2, 0.25) is 0 Å². The topological polar surface area (TPSA) is 0 Å². The molecule has 2 rings (SSSR count). The first-order valence-electron chi connectivity index (χ1n) is 6.84. The molecule has 0 bridgehead atoms. The van der Waals surface area contributed by atoms with E-state index < -0.39 is 0 Å². The molecule has 0 aromatic heterocycles. The van der Waals surface area contributed by atoms with Crippen molar-refractivity contribution in [2.24, 2.45) is 5.92 Å². The van der Waals surface area contributed by atoms with Gasteiger partial charge >= 0.3 is 0 Å². The second-order valence-electron chi connectivity index (χ2n) is 5.09. The van der Waals surface area contributed by atoms with Crippen LogP contribution in [0.25, 0.3) is 0 Å². The van der Waals surface area contributed by atoms with Crippen molar-refractivity contribution < 1.29 is 0 Å². The van der Waals surface area contributed by atoms with Crippen LogP contribution >= 0.6 is 0 Å². The molecule has 18 heavy (non-hydrogen) atoms. The lowest BCUT2D eigenvalue weighted by Gasteiger charge is -2.28. The molecule has 0 N–H and O–H groups in total. The highest BCUT2D eigenvalue weighted by Crippen LogP contribution is 2.51. The third kappa shape index (κ3) is 2.53. The van der Waals surface area contributed by atoms with Crippen LogP contribution in [0.3, 0.4) is 0 Å². The van der Waals surface area contributed by atoms with Crippen molar-refractivity contribution in [3.05, 3.63) is 48.0 Å². The van der Waals surface area contributed by atoms with Gasteiger partial charge in [0.1, 0.15) is 0 Å². The Bertz CT molecular complexity index is 373. The Balaban J connectivity index is 0.000000917. The fourth-order valence-electron chi connectivity index (χ4n) is 3.22. The van der Waals surface area contributed by atoms with E-state index in [1.54, 1.807) is 0 Å². The van der Waals surface area contributed by atoms with Crippen LogP contribution < -0.4 is 0 Å². The summed E-state index contributed by atoms with van der Waals surface area (Å²) in [5, 5.41) is 0. The molecule has 0 heteroatoms. The lowest BCUT2D eigenvalue weighted by Crippen LogP contribution is -2.23. The molecule has 2 atom stereocenters. The Kier molecular flexibility index (Phi) is 6.38. The van der Waals surface area contributed by atoms with Crippen LogP contribution in [0.5, 0.6) is 0 Å². The molecule has 102 valence electrons. The molecule has 0 radical (unpaired) electrons. The third-order valence-electron chi connectivity index (χ3n) is 4.02. The number of benzene rings is 1. The molecule has 0 fully saturated rings. The summed E-state index contributed by atoms with van der Waals surface area (Å²) in [6.45, 7) is 15.0. The van der Waals surface area contributed by atoms with Crippen molar-refractivity contribution in [3.63, 3.8) is 0 Å². The molecule has 1 aromatic rings. The predicted octanol–water partition coefficient (Wildman–Crippen LogP) is 5.94. The van der Waals surface area contributed by atoms with Gasteiger partial charge in [0.15, 0.2) is 0 Å². The highest BCUT2D eigenvalue weighted by Gasteiger charge is 2.43. The summed E-state index contributed by atoms with van der Waals surface area (Å²) in [6.07, 6.45) is 3.35. The SMILES string of the molecule is C.C=CC1C(CC)c2ccccc2C1(C)C.CC. The van der Waals surface area contributed by atoms with Gasteiger partial charge in [-0.15, -0.1) is 6.58 Å². The van der Waals surface area contributed by atoms with Crippen molar-refractivity contribution in [1.29, 1.82) is 0 Å². The quantitative estimate of drug-likeness (QED) is 0.567. The summed E-state index contributed by atoms with van der Waals surface area (Å²) < 4.78 is 0. The average Bonchev–Trinajstić information content (AvgIpc) is 2.59. The van der Waals surface area contributed by atoms with Crippen molar-refractivity contribution >= 4 is 0 Å². The number of hydrogen-bond donors (Lipinski definition) is 0. The van der Waals surface area contributed by atoms with E-state index in [9.17, 15) is 0 Å². The van der Waals surface area contributed by atoms with E-state index in [-0.39, 0.29) is 12.8 Å². The standard InChI is InChI=1S/C15H20.C2H6.CH4/c1-5-11-12-9-7-8-10-14(12)15(3,4)13(11)6-2;1-2;/h6-11,13H,2,5H2,1,3-4H3;1-2H3;1H4. The Hall–Kier alpha value is -1.04. The molecule has 0 saturated carbocycles. The summed E-state index contributed by atoms with van der Waals surface area (Å²) in [4.78, 5) is 0. The zero-order valence-electron chi connectivity index (χ0n) is 12.0. The number of fused-ring (bicyclic) bond motifs is 1. The Morgan fingerprint density at radius 3 is 2.28 bits per heavy atom. The molecule has 1 aliphatic carbocycles. The van der Waals surface area contributed by atoms with Gasteiger partial charge in [-0.05, 0) is 34.8 Å². The maximum atomic E-state index is 4.02. The third-order valence-corrected chi connectivity index (χ3v) is 4.02. The molecule has 0 aliphatic heterocycles. The first-order chi connectivity index (χ1) is 8.12. The molecule has 0 amide bonds. The molecule has 0 heterocycles. The normalized spacial score (nSPS) is 23.2. The molecule has 2 unspecified atom stereocenters. The van der Waals surface area contributed by atoms with Gasteiger partial charge in [0.05, 0.1) is 0 Å². The molecular formula is C18H30. The van der Waals surface area contributed by atoms with E-state index in [1.165, 1.54) is 17.5 Å². The maximum absolute atomic E-state index is 4.02. The summed E-state index contributed by atoms with van der Waals surface area (Å²) >= 11 is 0. The van der Waals surface area contributed by atoms with Crippen LogP contribution in [0.15, 0.2) is 36.9 Å². The van der Waals surface area contributed by atoms with Crippen LogP contribution in [0.4, 0.5) is 0 Å². The van der Waals surface area contributed by atoms with Gasteiger partial charge in [0.2, 0.25) is 0 Å². The van der Waals surface area contributed by atoms with E-state index >= 15 is 0 Å². The molecule has 0 spiro atoms. The van der Waals surface area contributed by atoms with Gasteiger partial charge in [-0.3, -0.25) is 0 Å². The fraction of sp³-hybridized carbons (Fsp3) is 0.556. The van der Waals surface area contributed by atoms with E-state index in [4.69, 9.17) is 0 Å². The van der Waals surface area contributed by atoms with Crippen LogP contribution in [-0.4, -0.2) is 0 Å². The smallest absolute Gasteiger partial charge is 0.00322 e. The van der Waals surface area contributed by atoms with Crippen LogP contribution in [-0.2, 0) is 5.41 Å². The van der Waals surface area contributed by atoms with Crippen molar-refractivity contribution in [2.75, 3.05) is 0 Å². The van der Waals surface area contributed by atoms with E-state index in [1.807, 2.05) is 13.8 Å². The summed E-state index contributed by atoms with van der Waals surface area (Å²) in [6, 6.07) is 8.87. The highest BCUT2D eigenvalue weighted by atomic mass is 14.5. The maximum Gasteiger partial charge on any atom is -0.00322 e. The van der Waals surface area contributed by atoms with Gasteiger partial charge in [-0.25, -0.2) is 0 Å². The molecule has 1 aromatic carbocycles. The molecule has 0 saturated heterocycles. The van der Waals surface area contributed by atoms with E-state index in [2.05, 4.69) is 57.7 Å². The van der Waals surface area contributed by atoms with Crippen molar-refractivity contribution in [1.82, 2.24) is 0 Å². The first kappa shape index (κ1) is 17.0. The number of allylic oxidation sites excluding steroid dienone is 1. The van der Waals surface area contributed by atoms with Gasteiger partial charge in [0.25, 0.3) is 0 Å². The Morgan fingerprint density at radius 2 is 1.78 bits per heavy atom. The zero-order chi connectivity index (χ0) is 13.1. The second kappa shape index (κ2) is 6.78. The Morgan fingerprint density at radius 1 is 1.22 bits per heavy atom. The Labute approximate surface area is 114 Å². The lowest BCUT2D eigenvalue weighted by molar-refractivity contribution is 0.364. The zero-order valence-corrected chi connectivity index (χ0v) is 12.0. The molecule has 0 nitrogen and oxygen atoms in total. The van der Waals surface area contributed by atoms with Crippen LogP contribution in [0, 0.1) is 5.92 Å². The summed E-state index contributed by atoms with van der Waals surface area (Å²) in [5.74, 6) is 1.24. The van der Waals surface area contributed by atoms with Gasteiger partial charge < -0.3 is 0 Å². The minimum absolute atomic E-state index is 0. The van der Waals surface area contributed by atoms with Gasteiger partial charge in [0, 0.05) is 0 Å². The fourth-order valence-corrected chi connectivity index (χ4v) is 3.22. The van der Waals surface area contributed by atoms with Gasteiger partial charge in [-0.2, -0.15) is 0 Å². The molecule has 1 aliphatic rings. The van der Waals surface area contributed by atoms with Crippen molar-refractivity contribution in [3.8, 4) is 0 Å². The monoisotopic (exact) mass is 246 g/mol. The summed E-state index contributed by atoms with van der Waals surface area (Å²) in [7, 11) is 0. The predicted molar refractivity (Wildman–Crippen MR) is 84.3 cm³/mol. The number of rotatable bonds is 2. The lowest BCUT2D eigenvalue weighted by atomic mass is 9.75. The number of hydrogen-bond acceptors (Lipinski definition) is 0. The van der Waals surface area contributed by atoms with E-state index in [0.717, 1.165) is 0 Å². The molecular weight excluding hydrogens is 216 g/mol.